The quantitative estimate of drug-likeness (QED) is 0.290. The number of hydrogen-bond donors (Lipinski definition) is 3. The van der Waals surface area contributed by atoms with Crippen molar-refractivity contribution in [1.82, 2.24) is 24.5 Å². The Morgan fingerprint density at radius 2 is 1.74 bits per heavy atom. The highest BCUT2D eigenvalue weighted by atomic mass is 16.5. The second-order valence-corrected chi connectivity index (χ2v) is 8.45. The van der Waals surface area contributed by atoms with Gasteiger partial charge in [-0.3, -0.25) is 10.1 Å². The van der Waals surface area contributed by atoms with Crippen LogP contribution in [0.3, 0.4) is 0 Å². The highest BCUT2D eigenvalue weighted by molar-refractivity contribution is 6.07. The molecule has 12 heteroatoms. The van der Waals surface area contributed by atoms with Crippen LogP contribution in [0.2, 0.25) is 0 Å². The fraction of sp³-hybridized carbons (Fsp3) is 0.269. The summed E-state index contributed by atoms with van der Waals surface area (Å²) < 4.78 is 11.9. The van der Waals surface area contributed by atoms with Gasteiger partial charge in [0.05, 0.1) is 18.8 Å². The first-order valence-corrected chi connectivity index (χ1v) is 11.9. The van der Waals surface area contributed by atoms with E-state index in [1.807, 2.05) is 19.1 Å². The third-order valence-electron chi connectivity index (χ3n) is 5.81. The van der Waals surface area contributed by atoms with Crippen molar-refractivity contribution in [3.8, 4) is 11.1 Å². The average molecular weight is 519 g/mol. The maximum Gasteiger partial charge on any atom is 0.324 e. The summed E-state index contributed by atoms with van der Waals surface area (Å²) in [5.41, 5.74) is 9.79. The van der Waals surface area contributed by atoms with Crippen LogP contribution in [-0.2, 0) is 9.47 Å². The van der Waals surface area contributed by atoms with E-state index in [0.29, 0.717) is 60.0 Å². The molecular formula is C26H30N8O4. The number of nitrogens with one attached hydrogen (secondary N) is 2. The number of carbonyl (C=O) groups excluding carboxylic acids is 2. The Kier molecular flexibility index (Phi) is 8.46. The molecule has 38 heavy (non-hydrogen) atoms. The standard InChI is InChI=1S/C26H30N8O4/c1-17-5-4-6-21(30-17)32-26(36)31-19-9-7-18(8-10-19)22-20(15-34-23(22)24(27)28-16-29-34)25(35)33(11-13-37-2)12-14-38-3/h4-10,15-16H,11-14H2,1-3H3,(H2,27,28,29)(H2,30,31,32,36). The molecule has 0 aliphatic heterocycles. The van der Waals surface area contributed by atoms with Crippen LogP contribution < -0.4 is 16.4 Å². The predicted molar refractivity (Wildman–Crippen MR) is 144 cm³/mol. The van der Waals surface area contributed by atoms with Crippen LogP contribution in [0.25, 0.3) is 16.6 Å². The first kappa shape index (κ1) is 26.5. The monoisotopic (exact) mass is 518 g/mol. The molecule has 4 rings (SSSR count). The van der Waals surface area contributed by atoms with Gasteiger partial charge in [-0.15, -0.1) is 0 Å². The highest BCUT2D eigenvalue weighted by Gasteiger charge is 2.25. The molecule has 0 unspecified atom stereocenters. The molecule has 0 radical (unpaired) electrons. The molecule has 0 aliphatic carbocycles. The summed E-state index contributed by atoms with van der Waals surface area (Å²) in [6.45, 7) is 3.37. The summed E-state index contributed by atoms with van der Waals surface area (Å²) >= 11 is 0. The number of amides is 3. The number of nitrogens with two attached hydrogens (primary N) is 1. The van der Waals surface area contributed by atoms with Crippen LogP contribution >= 0.6 is 0 Å². The number of aryl methyl sites for hydroxylation is 1. The lowest BCUT2D eigenvalue weighted by Gasteiger charge is -2.22. The predicted octanol–water partition coefficient (Wildman–Crippen LogP) is 3.06. The maximum absolute atomic E-state index is 13.7. The maximum atomic E-state index is 13.7. The number of pyridine rings is 1. The molecule has 3 aromatic heterocycles. The van der Waals surface area contributed by atoms with E-state index < -0.39 is 6.03 Å². The summed E-state index contributed by atoms with van der Waals surface area (Å²) in [4.78, 5) is 36.2. The summed E-state index contributed by atoms with van der Waals surface area (Å²) in [7, 11) is 3.17. The number of urea groups is 1. The highest BCUT2D eigenvalue weighted by Crippen LogP contribution is 2.34. The van der Waals surface area contributed by atoms with Crippen molar-refractivity contribution in [2.45, 2.75) is 6.92 Å². The second kappa shape index (κ2) is 12.1. The summed E-state index contributed by atoms with van der Waals surface area (Å²) in [6, 6.07) is 12.0. The summed E-state index contributed by atoms with van der Waals surface area (Å²) in [6.07, 6.45) is 2.98. The summed E-state index contributed by atoms with van der Waals surface area (Å²) in [5, 5.41) is 9.74. The van der Waals surface area contributed by atoms with E-state index in [0.717, 1.165) is 5.69 Å². The number of aromatic nitrogens is 4. The number of ether oxygens (including phenoxy) is 2. The molecule has 0 saturated heterocycles. The molecular weight excluding hydrogens is 488 g/mol. The van der Waals surface area contributed by atoms with E-state index in [4.69, 9.17) is 15.2 Å². The lowest BCUT2D eigenvalue weighted by atomic mass is 10.0. The third-order valence-corrected chi connectivity index (χ3v) is 5.81. The number of fused-ring (bicyclic) bond motifs is 1. The molecule has 0 saturated carbocycles. The zero-order valence-corrected chi connectivity index (χ0v) is 21.5. The van der Waals surface area contributed by atoms with Gasteiger partial charge in [-0.1, -0.05) is 18.2 Å². The number of nitrogens with zero attached hydrogens (tertiary/aromatic N) is 5. The minimum Gasteiger partial charge on any atom is -0.383 e. The van der Waals surface area contributed by atoms with Crippen molar-refractivity contribution >= 4 is 34.8 Å². The number of hydrogen-bond acceptors (Lipinski definition) is 8. The lowest BCUT2D eigenvalue weighted by Crippen LogP contribution is -2.36. The van der Waals surface area contributed by atoms with Crippen LogP contribution in [-0.4, -0.2) is 76.9 Å². The molecule has 3 heterocycles. The molecule has 0 atom stereocenters. The van der Waals surface area contributed by atoms with Gasteiger partial charge in [-0.2, -0.15) is 5.10 Å². The first-order chi connectivity index (χ1) is 18.4. The Hall–Kier alpha value is -4.55. The molecule has 4 aromatic rings. The van der Waals surface area contributed by atoms with Crippen molar-refractivity contribution in [3.05, 3.63) is 66.2 Å². The van der Waals surface area contributed by atoms with Gasteiger partial charge in [-0.05, 0) is 36.8 Å². The Balaban J connectivity index is 1.64. The van der Waals surface area contributed by atoms with Crippen LogP contribution in [0.15, 0.2) is 55.0 Å². The summed E-state index contributed by atoms with van der Waals surface area (Å²) in [5.74, 6) is 0.470. The number of anilines is 3. The molecule has 198 valence electrons. The molecule has 0 bridgehead atoms. The molecule has 4 N–H and O–H groups in total. The Morgan fingerprint density at radius 3 is 2.39 bits per heavy atom. The van der Waals surface area contributed by atoms with Gasteiger partial charge in [0.15, 0.2) is 5.82 Å². The zero-order chi connectivity index (χ0) is 27.1. The van der Waals surface area contributed by atoms with Crippen molar-refractivity contribution in [1.29, 1.82) is 0 Å². The van der Waals surface area contributed by atoms with E-state index in [-0.39, 0.29) is 11.7 Å². The van der Waals surface area contributed by atoms with Gasteiger partial charge >= 0.3 is 6.03 Å². The molecule has 0 fully saturated rings. The Labute approximate surface area is 219 Å². The van der Waals surface area contributed by atoms with Gasteiger partial charge in [-0.25, -0.2) is 19.3 Å². The topological polar surface area (TPSA) is 149 Å². The number of benzene rings is 1. The van der Waals surface area contributed by atoms with E-state index in [9.17, 15) is 9.59 Å². The fourth-order valence-corrected chi connectivity index (χ4v) is 3.99. The van der Waals surface area contributed by atoms with Gasteiger partial charge in [0.25, 0.3) is 5.91 Å². The van der Waals surface area contributed by atoms with E-state index in [2.05, 4.69) is 25.7 Å². The van der Waals surface area contributed by atoms with E-state index >= 15 is 0 Å². The van der Waals surface area contributed by atoms with Crippen molar-refractivity contribution < 1.29 is 19.1 Å². The van der Waals surface area contributed by atoms with Crippen LogP contribution in [0.5, 0.6) is 0 Å². The normalized spacial score (nSPS) is 10.9. The lowest BCUT2D eigenvalue weighted by molar-refractivity contribution is 0.0628. The molecule has 12 nitrogen and oxygen atoms in total. The van der Waals surface area contributed by atoms with Gasteiger partial charge in [0, 0.05) is 50.5 Å². The third kappa shape index (κ3) is 6.05. The molecule has 0 aliphatic rings. The van der Waals surface area contributed by atoms with Crippen LogP contribution in [0, 0.1) is 6.92 Å². The van der Waals surface area contributed by atoms with E-state index in [1.54, 1.807) is 60.2 Å². The minimum atomic E-state index is -0.425. The zero-order valence-electron chi connectivity index (χ0n) is 21.5. The van der Waals surface area contributed by atoms with Crippen molar-refractivity contribution in [2.75, 3.05) is 56.9 Å². The largest absolute Gasteiger partial charge is 0.383 e. The second-order valence-electron chi connectivity index (χ2n) is 8.45. The van der Waals surface area contributed by atoms with Crippen molar-refractivity contribution in [2.24, 2.45) is 0 Å². The Bertz CT molecular complexity index is 1410. The van der Waals surface area contributed by atoms with Gasteiger partial charge < -0.3 is 25.4 Å². The molecule has 0 spiro atoms. The van der Waals surface area contributed by atoms with Crippen LogP contribution in [0.1, 0.15) is 16.1 Å². The first-order valence-electron chi connectivity index (χ1n) is 11.9. The minimum absolute atomic E-state index is 0.216. The van der Waals surface area contributed by atoms with Gasteiger partial charge in [0.2, 0.25) is 0 Å². The SMILES string of the molecule is COCCN(CCOC)C(=O)c1cn2ncnc(N)c2c1-c1ccc(NC(=O)Nc2cccc(C)n2)cc1. The number of carbonyl (C=O) groups is 2. The smallest absolute Gasteiger partial charge is 0.324 e. The molecule has 3 amide bonds. The van der Waals surface area contributed by atoms with Crippen molar-refractivity contribution in [3.63, 3.8) is 0 Å². The number of nitrogen functional groups attached to an aromatic ring is 1. The number of rotatable bonds is 10. The van der Waals surface area contributed by atoms with E-state index in [1.165, 1.54) is 6.33 Å². The Morgan fingerprint density at radius 1 is 1.03 bits per heavy atom. The van der Waals surface area contributed by atoms with Gasteiger partial charge in [0.1, 0.15) is 17.7 Å². The fourth-order valence-electron chi connectivity index (χ4n) is 3.99. The molecule has 1 aromatic carbocycles. The average Bonchev–Trinajstić information content (AvgIpc) is 3.30. The van der Waals surface area contributed by atoms with Crippen LogP contribution in [0.4, 0.5) is 22.1 Å². The number of methoxy groups -OCH3 is 2.